The average Bonchev–Trinajstić information content (AvgIpc) is 2.76. The summed E-state index contributed by atoms with van der Waals surface area (Å²) >= 11 is 0. The second-order valence-electron chi connectivity index (χ2n) is 6.94. The van der Waals surface area contributed by atoms with Crippen LogP contribution >= 0.6 is 0 Å². The summed E-state index contributed by atoms with van der Waals surface area (Å²) in [6, 6.07) is 10.2. The smallest absolute Gasteiger partial charge is 0.162 e. The standard InChI is InChI=1S/C23H22N2O4/c1-26-19-8-14-7-13(5-6-24)23-16-10-21(28-3)22(29-4)11-18(16)25-12-17(23)15(14)9-20(19)27-2/h8-13H,5,7H2,1-4H3. The first kappa shape index (κ1) is 18.9. The summed E-state index contributed by atoms with van der Waals surface area (Å²) in [4.78, 5) is 4.68. The van der Waals surface area contributed by atoms with Crippen molar-refractivity contribution in [2.75, 3.05) is 28.4 Å². The van der Waals surface area contributed by atoms with Crippen molar-refractivity contribution in [1.29, 1.82) is 5.26 Å². The van der Waals surface area contributed by atoms with E-state index in [1.807, 2.05) is 30.5 Å². The lowest BCUT2D eigenvalue weighted by atomic mass is 9.76. The van der Waals surface area contributed by atoms with Gasteiger partial charge in [0.1, 0.15) is 0 Å². The quantitative estimate of drug-likeness (QED) is 0.639. The SMILES string of the molecule is COc1cc2c(cc1OC)-c1cnc3cc(OC)c(OC)cc3c1C(CC#N)C2. The monoisotopic (exact) mass is 390 g/mol. The van der Waals surface area contributed by atoms with Crippen molar-refractivity contribution in [3.05, 3.63) is 41.6 Å². The van der Waals surface area contributed by atoms with Gasteiger partial charge < -0.3 is 18.9 Å². The Bertz CT molecular complexity index is 1130. The minimum Gasteiger partial charge on any atom is -0.493 e. The number of pyridine rings is 1. The van der Waals surface area contributed by atoms with E-state index in [0.717, 1.165) is 39.6 Å². The van der Waals surface area contributed by atoms with Gasteiger partial charge in [-0.05, 0) is 41.3 Å². The van der Waals surface area contributed by atoms with Crippen LogP contribution in [0.4, 0.5) is 0 Å². The largest absolute Gasteiger partial charge is 0.493 e. The van der Waals surface area contributed by atoms with Gasteiger partial charge in [-0.1, -0.05) is 0 Å². The minimum atomic E-state index is 0.0456. The predicted molar refractivity (Wildman–Crippen MR) is 110 cm³/mol. The van der Waals surface area contributed by atoms with E-state index in [-0.39, 0.29) is 5.92 Å². The molecule has 1 aliphatic carbocycles. The lowest BCUT2D eigenvalue weighted by Crippen LogP contribution is -2.13. The van der Waals surface area contributed by atoms with E-state index in [1.54, 1.807) is 28.4 Å². The highest BCUT2D eigenvalue weighted by atomic mass is 16.5. The Labute approximate surface area is 169 Å². The highest BCUT2D eigenvalue weighted by Crippen LogP contribution is 2.48. The second kappa shape index (κ2) is 7.51. The van der Waals surface area contributed by atoms with Crippen molar-refractivity contribution < 1.29 is 18.9 Å². The lowest BCUT2D eigenvalue weighted by Gasteiger charge is -2.28. The van der Waals surface area contributed by atoms with Crippen LogP contribution in [0.5, 0.6) is 23.0 Å². The number of aromatic nitrogens is 1. The van der Waals surface area contributed by atoms with E-state index >= 15 is 0 Å². The molecule has 2 aromatic carbocycles. The van der Waals surface area contributed by atoms with Crippen LogP contribution in [0.25, 0.3) is 22.0 Å². The van der Waals surface area contributed by atoms with Crippen LogP contribution in [0.3, 0.4) is 0 Å². The normalized spacial score (nSPS) is 14.5. The number of hydrogen-bond acceptors (Lipinski definition) is 6. The molecule has 148 valence electrons. The third-order valence-corrected chi connectivity index (χ3v) is 5.53. The van der Waals surface area contributed by atoms with E-state index in [0.29, 0.717) is 29.4 Å². The van der Waals surface area contributed by atoms with Crippen molar-refractivity contribution in [1.82, 2.24) is 4.98 Å². The Morgan fingerprint density at radius 3 is 2.17 bits per heavy atom. The van der Waals surface area contributed by atoms with Crippen LogP contribution in [0.2, 0.25) is 0 Å². The molecule has 3 aromatic rings. The number of hydrogen-bond donors (Lipinski definition) is 0. The number of ether oxygens (including phenoxy) is 4. The van der Waals surface area contributed by atoms with Gasteiger partial charge in [-0.15, -0.1) is 0 Å². The molecule has 0 fully saturated rings. The summed E-state index contributed by atoms with van der Waals surface area (Å²) in [5.74, 6) is 2.68. The van der Waals surface area contributed by atoms with Gasteiger partial charge in [-0.25, -0.2) is 0 Å². The fraction of sp³-hybridized carbons (Fsp3) is 0.304. The Balaban J connectivity index is 2.03. The number of fused-ring (bicyclic) bond motifs is 5. The van der Waals surface area contributed by atoms with Gasteiger partial charge >= 0.3 is 0 Å². The molecular weight excluding hydrogens is 368 g/mol. The molecule has 1 aromatic heterocycles. The van der Waals surface area contributed by atoms with Crippen LogP contribution in [0.15, 0.2) is 30.5 Å². The molecule has 0 saturated carbocycles. The second-order valence-corrected chi connectivity index (χ2v) is 6.94. The molecule has 6 nitrogen and oxygen atoms in total. The first-order chi connectivity index (χ1) is 14.1. The van der Waals surface area contributed by atoms with E-state index in [4.69, 9.17) is 18.9 Å². The molecule has 1 aliphatic rings. The zero-order chi connectivity index (χ0) is 20.5. The fourth-order valence-corrected chi connectivity index (χ4v) is 4.19. The number of nitrogens with zero attached hydrogens (tertiary/aromatic N) is 2. The molecule has 0 N–H and O–H groups in total. The molecule has 0 radical (unpaired) electrons. The molecule has 1 atom stereocenters. The summed E-state index contributed by atoms with van der Waals surface area (Å²) in [5.41, 5.74) is 5.10. The summed E-state index contributed by atoms with van der Waals surface area (Å²) < 4.78 is 21.9. The molecule has 0 saturated heterocycles. The van der Waals surface area contributed by atoms with Gasteiger partial charge in [0.2, 0.25) is 0 Å². The molecule has 0 amide bonds. The van der Waals surface area contributed by atoms with Crippen molar-refractivity contribution in [2.24, 2.45) is 0 Å². The maximum absolute atomic E-state index is 9.48. The van der Waals surface area contributed by atoms with Crippen LogP contribution in [-0.4, -0.2) is 33.4 Å². The van der Waals surface area contributed by atoms with Crippen LogP contribution in [0.1, 0.15) is 23.5 Å². The van der Waals surface area contributed by atoms with Crippen LogP contribution in [0, 0.1) is 11.3 Å². The molecule has 0 aliphatic heterocycles. The Hall–Kier alpha value is -3.46. The third kappa shape index (κ3) is 2.99. The Kier molecular flexibility index (Phi) is 4.89. The van der Waals surface area contributed by atoms with Gasteiger partial charge in [0.05, 0.1) is 40.0 Å². The summed E-state index contributed by atoms with van der Waals surface area (Å²) in [7, 11) is 6.48. The van der Waals surface area contributed by atoms with Crippen molar-refractivity contribution in [2.45, 2.75) is 18.8 Å². The Morgan fingerprint density at radius 2 is 1.52 bits per heavy atom. The molecular formula is C23H22N2O4. The molecule has 0 spiro atoms. The number of methoxy groups -OCH3 is 4. The fourth-order valence-electron chi connectivity index (χ4n) is 4.19. The number of rotatable bonds is 5. The molecule has 0 bridgehead atoms. The van der Waals surface area contributed by atoms with Crippen LogP contribution < -0.4 is 18.9 Å². The van der Waals surface area contributed by atoms with Gasteiger partial charge in [-0.3, -0.25) is 4.98 Å². The zero-order valence-corrected chi connectivity index (χ0v) is 16.9. The van der Waals surface area contributed by atoms with E-state index in [9.17, 15) is 5.26 Å². The van der Waals surface area contributed by atoms with Gasteiger partial charge in [0, 0.05) is 35.6 Å². The molecule has 4 rings (SSSR count). The van der Waals surface area contributed by atoms with Gasteiger partial charge in [0.25, 0.3) is 0 Å². The van der Waals surface area contributed by atoms with Crippen molar-refractivity contribution in [3.63, 3.8) is 0 Å². The van der Waals surface area contributed by atoms with E-state index < -0.39 is 0 Å². The Morgan fingerprint density at radius 1 is 0.897 bits per heavy atom. The topological polar surface area (TPSA) is 73.6 Å². The van der Waals surface area contributed by atoms with Gasteiger partial charge in [0.15, 0.2) is 23.0 Å². The number of benzene rings is 2. The highest BCUT2D eigenvalue weighted by Gasteiger charge is 2.29. The summed E-state index contributed by atoms with van der Waals surface area (Å²) in [6.07, 6.45) is 3.02. The van der Waals surface area contributed by atoms with E-state index in [1.165, 1.54) is 0 Å². The first-order valence-corrected chi connectivity index (χ1v) is 9.32. The lowest BCUT2D eigenvalue weighted by molar-refractivity contribution is 0.354. The minimum absolute atomic E-state index is 0.0456. The molecule has 1 unspecified atom stereocenters. The first-order valence-electron chi connectivity index (χ1n) is 9.32. The third-order valence-electron chi connectivity index (χ3n) is 5.53. The maximum Gasteiger partial charge on any atom is 0.162 e. The zero-order valence-electron chi connectivity index (χ0n) is 16.9. The average molecular weight is 390 g/mol. The van der Waals surface area contributed by atoms with Crippen molar-refractivity contribution >= 4 is 10.9 Å². The van der Waals surface area contributed by atoms with E-state index in [2.05, 4.69) is 11.1 Å². The maximum atomic E-state index is 9.48. The van der Waals surface area contributed by atoms with Crippen LogP contribution in [-0.2, 0) is 6.42 Å². The molecule has 1 heterocycles. The molecule has 6 heteroatoms. The van der Waals surface area contributed by atoms with Crippen molar-refractivity contribution in [3.8, 4) is 40.2 Å². The van der Waals surface area contributed by atoms with Gasteiger partial charge in [-0.2, -0.15) is 5.26 Å². The highest BCUT2D eigenvalue weighted by molar-refractivity contribution is 5.93. The molecule has 29 heavy (non-hydrogen) atoms. The predicted octanol–water partition coefficient (Wildman–Crippen LogP) is 4.49. The summed E-state index contributed by atoms with van der Waals surface area (Å²) in [6.45, 7) is 0. The number of nitriles is 1. The summed E-state index contributed by atoms with van der Waals surface area (Å²) in [5, 5.41) is 10.4.